The van der Waals surface area contributed by atoms with Crippen molar-refractivity contribution < 1.29 is 0 Å². The van der Waals surface area contributed by atoms with Crippen molar-refractivity contribution in [2.24, 2.45) is 16.6 Å². The Morgan fingerprint density at radius 2 is 2.33 bits per heavy atom. The van der Waals surface area contributed by atoms with E-state index >= 15 is 0 Å². The normalized spacial score (nSPS) is 16.1. The van der Waals surface area contributed by atoms with Gasteiger partial charge in [0.2, 0.25) is 0 Å². The second-order valence-electron chi connectivity index (χ2n) is 5.42. The van der Waals surface area contributed by atoms with Crippen LogP contribution in [0.1, 0.15) is 24.8 Å². The van der Waals surface area contributed by atoms with Gasteiger partial charge in [-0.3, -0.25) is 4.99 Å². The molecule has 1 aliphatic carbocycles. The van der Waals surface area contributed by atoms with Gasteiger partial charge in [0.05, 0.1) is 6.20 Å². The van der Waals surface area contributed by atoms with Crippen molar-refractivity contribution in [3.05, 3.63) is 29.2 Å². The predicted molar refractivity (Wildman–Crippen MR) is 83.5 cm³/mol. The Bertz CT molecular complexity index is 646. The molecule has 1 fully saturated rings. The van der Waals surface area contributed by atoms with E-state index in [4.69, 9.17) is 17.3 Å². The molecule has 0 aromatic carbocycles. The molecule has 3 rings (SSSR count). The van der Waals surface area contributed by atoms with Crippen LogP contribution in [0.2, 0.25) is 5.02 Å². The average molecular weight is 307 g/mol. The van der Waals surface area contributed by atoms with Crippen molar-refractivity contribution in [2.75, 3.05) is 13.1 Å². The van der Waals surface area contributed by atoms with Crippen molar-refractivity contribution >= 4 is 23.2 Å². The van der Waals surface area contributed by atoms with E-state index in [0.29, 0.717) is 16.6 Å². The summed E-state index contributed by atoms with van der Waals surface area (Å²) < 4.78 is 1.69. The zero-order valence-electron chi connectivity index (χ0n) is 11.8. The standard InChI is InChI=1S/C14H19ClN6/c15-12-8-20-21-9-11(7-18-13(12)21)4-5-17-14(16)19-6-10-2-1-3-10/h7-10H,1-6H2,(H3,16,17,19). The highest BCUT2D eigenvalue weighted by atomic mass is 35.5. The van der Waals surface area contributed by atoms with Gasteiger partial charge in [-0.25, -0.2) is 9.50 Å². The van der Waals surface area contributed by atoms with E-state index in [0.717, 1.165) is 31.0 Å². The maximum atomic E-state index is 5.96. The molecule has 3 N–H and O–H groups in total. The van der Waals surface area contributed by atoms with E-state index in [-0.39, 0.29) is 0 Å². The first-order valence-electron chi connectivity index (χ1n) is 7.24. The van der Waals surface area contributed by atoms with E-state index in [1.807, 2.05) is 12.4 Å². The van der Waals surface area contributed by atoms with E-state index in [1.165, 1.54) is 19.3 Å². The lowest BCUT2D eigenvalue weighted by Crippen LogP contribution is -2.34. The Balaban J connectivity index is 1.49. The van der Waals surface area contributed by atoms with Crippen molar-refractivity contribution in [3.8, 4) is 0 Å². The first-order valence-corrected chi connectivity index (χ1v) is 7.62. The van der Waals surface area contributed by atoms with E-state index in [9.17, 15) is 0 Å². The lowest BCUT2D eigenvalue weighted by atomic mass is 9.86. The van der Waals surface area contributed by atoms with E-state index in [2.05, 4.69) is 20.4 Å². The molecule has 2 heterocycles. The molecule has 0 spiro atoms. The Labute approximate surface area is 128 Å². The highest BCUT2D eigenvalue weighted by Gasteiger charge is 2.16. The van der Waals surface area contributed by atoms with Crippen LogP contribution in [0.15, 0.2) is 23.6 Å². The molecule has 0 radical (unpaired) electrons. The second-order valence-corrected chi connectivity index (χ2v) is 5.83. The average Bonchev–Trinajstić information content (AvgIpc) is 2.78. The minimum atomic E-state index is 0.526. The molecule has 0 unspecified atom stereocenters. The van der Waals surface area contributed by atoms with Gasteiger partial charge in [-0.15, -0.1) is 0 Å². The molecule has 0 saturated heterocycles. The van der Waals surface area contributed by atoms with Crippen molar-refractivity contribution in [2.45, 2.75) is 25.7 Å². The van der Waals surface area contributed by atoms with E-state index in [1.54, 1.807) is 10.7 Å². The SMILES string of the molecule is NC(=NCC1CCC1)NCCc1cnc2c(Cl)cnn2c1. The molecule has 2 aromatic rings. The second kappa shape index (κ2) is 6.30. The van der Waals surface area contributed by atoms with Crippen molar-refractivity contribution in [1.29, 1.82) is 0 Å². The molecule has 7 heteroatoms. The third kappa shape index (κ3) is 3.44. The Morgan fingerprint density at radius 1 is 1.48 bits per heavy atom. The lowest BCUT2D eigenvalue weighted by Gasteiger charge is -2.23. The summed E-state index contributed by atoms with van der Waals surface area (Å²) in [6.07, 6.45) is 10.0. The van der Waals surface area contributed by atoms with Crippen LogP contribution in [0.25, 0.3) is 5.65 Å². The number of nitrogens with one attached hydrogen (secondary N) is 1. The number of nitrogens with zero attached hydrogens (tertiary/aromatic N) is 4. The first-order chi connectivity index (χ1) is 10.2. The van der Waals surface area contributed by atoms with Crippen LogP contribution in [0.5, 0.6) is 0 Å². The molecular weight excluding hydrogens is 288 g/mol. The summed E-state index contributed by atoms with van der Waals surface area (Å²) in [5, 5.41) is 7.83. The Hall–Kier alpha value is -1.82. The topological polar surface area (TPSA) is 80.6 Å². The minimum absolute atomic E-state index is 0.526. The maximum absolute atomic E-state index is 5.96. The molecule has 21 heavy (non-hydrogen) atoms. The number of rotatable bonds is 5. The monoisotopic (exact) mass is 306 g/mol. The lowest BCUT2D eigenvalue weighted by molar-refractivity contribution is 0.326. The third-order valence-corrected chi connectivity index (χ3v) is 4.10. The Kier molecular flexibility index (Phi) is 4.24. The first kappa shape index (κ1) is 14.1. The van der Waals surface area contributed by atoms with Crippen molar-refractivity contribution in [3.63, 3.8) is 0 Å². The minimum Gasteiger partial charge on any atom is -0.370 e. The predicted octanol–water partition coefficient (Wildman–Crippen LogP) is 1.63. The van der Waals surface area contributed by atoms with Gasteiger partial charge in [0, 0.05) is 25.5 Å². The molecule has 0 amide bonds. The molecule has 2 aromatic heterocycles. The number of aromatic nitrogens is 3. The van der Waals surface area contributed by atoms with Crippen LogP contribution in [0, 0.1) is 5.92 Å². The zero-order chi connectivity index (χ0) is 14.7. The molecule has 1 aliphatic rings. The fourth-order valence-electron chi connectivity index (χ4n) is 2.31. The largest absolute Gasteiger partial charge is 0.370 e. The molecule has 0 atom stereocenters. The highest BCUT2D eigenvalue weighted by molar-refractivity contribution is 6.33. The quantitative estimate of drug-likeness (QED) is 0.650. The number of halogens is 1. The molecule has 0 aliphatic heterocycles. The highest BCUT2D eigenvalue weighted by Crippen LogP contribution is 2.26. The Morgan fingerprint density at radius 3 is 3.10 bits per heavy atom. The zero-order valence-corrected chi connectivity index (χ0v) is 12.6. The summed E-state index contributed by atoms with van der Waals surface area (Å²) in [6.45, 7) is 1.57. The van der Waals surface area contributed by atoms with Crippen molar-refractivity contribution in [1.82, 2.24) is 19.9 Å². The van der Waals surface area contributed by atoms with Crippen LogP contribution in [0.4, 0.5) is 0 Å². The van der Waals surface area contributed by atoms with Crippen LogP contribution in [-0.2, 0) is 6.42 Å². The van der Waals surface area contributed by atoms with Crippen LogP contribution in [0.3, 0.4) is 0 Å². The summed E-state index contributed by atoms with van der Waals surface area (Å²) in [4.78, 5) is 8.66. The summed E-state index contributed by atoms with van der Waals surface area (Å²) in [5.74, 6) is 1.26. The van der Waals surface area contributed by atoms with Crippen LogP contribution >= 0.6 is 11.6 Å². The summed E-state index contributed by atoms with van der Waals surface area (Å²) in [7, 11) is 0. The van der Waals surface area contributed by atoms with Crippen LogP contribution < -0.4 is 11.1 Å². The number of hydrogen-bond acceptors (Lipinski definition) is 3. The smallest absolute Gasteiger partial charge is 0.188 e. The number of hydrogen-bond donors (Lipinski definition) is 2. The maximum Gasteiger partial charge on any atom is 0.188 e. The number of aliphatic imine (C=N–C) groups is 1. The van der Waals surface area contributed by atoms with Crippen LogP contribution in [-0.4, -0.2) is 33.6 Å². The summed E-state index contributed by atoms with van der Waals surface area (Å²) in [6, 6.07) is 0. The van der Waals surface area contributed by atoms with Gasteiger partial charge < -0.3 is 11.1 Å². The fourth-order valence-corrected chi connectivity index (χ4v) is 2.49. The molecular formula is C14H19ClN6. The van der Waals surface area contributed by atoms with Gasteiger partial charge in [0.15, 0.2) is 11.6 Å². The number of nitrogens with two attached hydrogens (primary N) is 1. The van der Waals surface area contributed by atoms with Gasteiger partial charge in [0.25, 0.3) is 0 Å². The summed E-state index contributed by atoms with van der Waals surface area (Å²) >= 11 is 5.96. The third-order valence-electron chi connectivity index (χ3n) is 3.83. The summed E-state index contributed by atoms with van der Waals surface area (Å²) in [5.41, 5.74) is 7.59. The fraction of sp³-hybridized carbons (Fsp3) is 0.500. The van der Waals surface area contributed by atoms with Gasteiger partial charge >= 0.3 is 0 Å². The number of guanidine groups is 1. The molecule has 6 nitrogen and oxygen atoms in total. The van der Waals surface area contributed by atoms with Gasteiger partial charge in [-0.05, 0) is 30.7 Å². The van der Waals surface area contributed by atoms with Gasteiger partial charge in [-0.2, -0.15) is 5.10 Å². The van der Waals surface area contributed by atoms with Gasteiger partial charge in [-0.1, -0.05) is 18.0 Å². The van der Waals surface area contributed by atoms with Gasteiger partial charge in [0.1, 0.15) is 5.02 Å². The molecule has 112 valence electrons. The number of fused-ring (bicyclic) bond motifs is 1. The molecule has 1 saturated carbocycles. The van der Waals surface area contributed by atoms with E-state index < -0.39 is 0 Å². The molecule has 0 bridgehead atoms.